The zero-order valence-electron chi connectivity index (χ0n) is 10.3. The van der Waals surface area contributed by atoms with Crippen molar-refractivity contribution in [2.45, 2.75) is 64.0 Å². The van der Waals surface area contributed by atoms with E-state index in [4.69, 9.17) is 0 Å². The first kappa shape index (κ1) is 11.2. The summed E-state index contributed by atoms with van der Waals surface area (Å²) in [5.41, 5.74) is 5.19. The third kappa shape index (κ3) is 3.07. The summed E-state index contributed by atoms with van der Waals surface area (Å²) in [5.74, 6) is 0. The van der Waals surface area contributed by atoms with Crippen LogP contribution in [0.3, 0.4) is 0 Å². The fraction of sp³-hybridized carbons (Fsp3) is 0.714. The molecule has 0 saturated heterocycles. The van der Waals surface area contributed by atoms with Crippen molar-refractivity contribution in [2.75, 3.05) is 0 Å². The zero-order chi connectivity index (χ0) is 10.9. The van der Waals surface area contributed by atoms with Gasteiger partial charge in [0, 0.05) is 9.52 Å². The van der Waals surface area contributed by atoms with E-state index >= 15 is 0 Å². The lowest BCUT2D eigenvalue weighted by Gasteiger charge is -2.17. The molecule has 0 unspecified atom stereocenters. The molecule has 0 spiro atoms. The van der Waals surface area contributed by atoms with Crippen LogP contribution in [0.4, 0.5) is 0 Å². The normalized spacial score (nSPS) is 21.7. The Morgan fingerprint density at radius 1 is 1.20 bits per heavy atom. The van der Waals surface area contributed by atoms with Crippen LogP contribution in [0.15, 0.2) is 22.8 Å². The Morgan fingerprint density at radius 3 is 2.60 bits per heavy atom. The van der Waals surface area contributed by atoms with Crippen LogP contribution in [0.1, 0.15) is 52.9 Å². The minimum Gasteiger partial charge on any atom is -0.0689 e. The fourth-order valence-electron chi connectivity index (χ4n) is 2.43. The number of hydrogen-bond acceptors (Lipinski definition) is 0. The van der Waals surface area contributed by atoms with E-state index in [9.17, 15) is 0 Å². The first-order valence-electron chi connectivity index (χ1n) is 6.20. The third-order valence-electron chi connectivity index (χ3n) is 3.29. The minimum absolute atomic E-state index is 0.518. The summed E-state index contributed by atoms with van der Waals surface area (Å²) >= 11 is 0. The Hall–Kier alpha value is -0.303. The van der Waals surface area contributed by atoms with Gasteiger partial charge in [-0.3, -0.25) is 0 Å². The molecule has 2 rings (SSSR count). The van der Waals surface area contributed by atoms with Gasteiger partial charge in [0.25, 0.3) is 0 Å². The number of hydrogen-bond donors (Lipinski definition) is 0. The van der Waals surface area contributed by atoms with Crippen molar-refractivity contribution < 1.29 is 0 Å². The van der Waals surface area contributed by atoms with Gasteiger partial charge < -0.3 is 0 Å². The van der Waals surface area contributed by atoms with E-state index in [0.29, 0.717) is 5.04 Å². The van der Waals surface area contributed by atoms with E-state index in [0.717, 1.165) is 9.52 Å². The second kappa shape index (κ2) is 4.29. The van der Waals surface area contributed by atoms with E-state index in [2.05, 4.69) is 26.8 Å². The highest BCUT2D eigenvalue weighted by atomic mass is 28.2. The van der Waals surface area contributed by atoms with Crippen LogP contribution in [0, 0.1) is 0 Å². The molecule has 2 aliphatic carbocycles. The molecule has 0 aromatic rings. The van der Waals surface area contributed by atoms with Crippen molar-refractivity contribution >= 4 is 9.52 Å². The van der Waals surface area contributed by atoms with Crippen molar-refractivity contribution in [1.29, 1.82) is 0 Å². The van der Waals surface area contributed by atoms with E-state index in [1.54, 1.807) is 16.7 Å². The molecule has 0 fully saturated rings. The molecule has 0 aliphatic heterocycles. The number of rotatable bonds is 2. The summed E-state index contributed by atoms with van der Waals surface area (Å²) in [6.45, 7) is 7.07. The van der Waals surface area contributed by atoms with Gasteiger partial charge in [-0.1, -0.05) is 38.0 Å². The van der Waals surface area contributed by atoms with Crippen LogP contribution in [0.5, 0.6) is 0 Å². The van der Waals surface area contributed by atoms with Crippen LogP contribution >= 0.6 is 0 Å². The molecule has 0 nitrogen and oxygen atoms in total. The number of allylic oxidation sites excluding steroid dienone is 4. The molecule has 0 aromatic heterocycles. The molecule has 2 radical (unpaired) electrons. The van der Waals surface area contributed by atoms with Gasteiger partial charge in [-0.2, -0.15) is 0 Å². The molecule has 2 aliphatic rings. The molecule has 0 N–H and O–H groups in total. The highest BCUT2D eigenvalue weighted by Gasteiger charge is 2.20. The molecule has 0 bridgehead atoms. The van der Waals surface area contributed by atoms with Gasteiger partial charge in [0.05, 0.1) is 0 Å². The summed E-state index contributed by atoms with van der Waals surface area (Å²) in [6.07, 6.45) is 9.43. The molecular formula is C14H22Si. The Kier molecular flexibility index (Phi) is 3.20. The van der Waals surface area contributed by atoms with E-state index in [-0.39, 0.29) is 0 Å². The van der Waals surface area contributed by atoms with Gasteiger partial charge in [-0.25, -0.2) is 0 Å². The standard InChI is InChI=1S/C14H22Si/c1-14(2,3)15-10-11-8-12-6-4-5-7-13(12)9-11/h8H,4-7,9-10H2,1-3H3. The first-order valence-corrected chi connectivity index (χ1v) is 7.41. The van der Waals surface area contributed by atoms with Gasteiger partial charge in [-0.15, -0.1) is 0 Å². The smallest absolute Gasteiger partial charge is 0.0490 e. The summed E-state index contributed by atoms with van der Waals surface area (Å²) in [4.78, 5) is 0. The lowest BCUT2D eigenvalue weighted by atomic mass is 9.94. The zero-order valence-corrected chi connectivity index (χ0v) is 11.3. The molecule has 0 atom stereocenters. The quantitative estimate of drug-likeness (QED) is 0.597. The Labute approximate surface area is 96.7 Å². The average Bonchev–Trinajstić information content (AvgIpc) is 2.56. The second-order valence-electron chi connectivity index (χ2n) is 5.92. The molecule has 0 amide bonds. The molecule has 15 heavy (non-hydrogen) atoms. The van der Waals surface area contributed by atoms with Crippen molar-refractivity contribution in [3.63, 3.8) is 0 Å². The predicted octanol–water partition coefficient (Wildman–Crippen LogP) is 4.53. The van der Waals surface area contributed by atoms with Gasteiger partial charge in [0.2, 0.25) is 0 Å². The highest BCUT2D eigenvalue weighted by Crippen LogP contribution is 2.38. The van der Waals surface area contributed by atoms with Crippen LogP contribution in [-0.4, -0.2) is 9.52 Å². The maximum Gasteiger partial charge on any atom is 0.0490 e. The van der Waals surface area contributed by atoms with Gasteiger partial charge in [0.1, 0.15) is 0 Å². The summed E-state index contributed by atoms with van der Waals surface area (Å²) in [5, 5.41) is 0.518. The van der Waals surface area contributed by atoms with Crippen molar-refractivity contribution in [1.82, 2.24) is 0 Å². The summed E-state index contributed by atoms with van der Waals surface area (Å²) in [6, 6.07) is 1.34. The maximum absolute atomic E-state index is 2.52. The van der Waals surface area contributed by atoms with Crippen LogP contribution < -0.4 is 0 Å². The van der Waals surface area contributed by atoms with E-state index in [1.807, 2.05) is 0 Å². The Morgan fingerprint density at radius 2 is 1.93 bits per heavy atom. The molecule has 0 heterocycles. The van der Waals surface area contributed by atoms with E-state index in [1.165, 1.54) is 38.1 Å². The van der Waals surface area contributed by atoms with Crippen LogP contribution in [-0.2, 0) is 0 Å². The van der Waals surface area contributed by atoms with Gasteiger partial charge in [0.15, 0.2) is 0 Å². The van der Waals surface area contributed by atoms with Gasteiger partial charge in [-0.05, 0) is 48.8 Å². The van der Waals surface area contributed by atoms with Crippen molar-refractivity contribution in [2.24, 2.45) is 0 Å². The molecule has 82 valence electrons. The van der Waals surface area contributed by atoms with Crippen LogP contribution in [0.2, 0.25) is 11.1 Å². The monoisotopic (exact) mass is 218 g/mol. The second-order valence-corrected chi connectivity index (χ2v) is 8.13. The van der Waals surface area contributed by atoms with Crippen molar-refractivity contribution in [3.05, 3.63) is 22.8 Å². The Bertz CT molecular complexity index is 302. The molecular weight excluding hydrogens is 196 g/mol. The Balaban J connectivity index is 1.88. The third-order valence-corrected chi connectivity index (χ3v) is 4.98. The molecule has 0 aromatic carbocycles. The first-order chi connectivity index (χ1) is 7.04. The van der Waals surface area contributed by atoms with Crippen molar-refractivity contribution in [3.8, 4) is 0 Å². The summed E-state index contributed by atoms with van der Waals surface area (Å²) in [7, 11) is 1.08. The minimum atomic E-state index is 0.518. The highest BCUT2D eigenvalue weighted by molar-refractivity contribution is 6.40. The largest absolute Gasteiger partial charge is 0.0689 e. The predicted molar refractivity (Wildman–Crippen MR) is 68.5 cm³/mol. The topological polar surface area (TPSA) is 0 Å². The average molecular weight is 218 g/mol. The lowest BCUT2D eigenvalue weighted by Crippen LogP contribution is -2.08. The molecule has 1 heteroatoms. The SMILES string of the molecule is CC(C)(C)[Si]CC1=CC2=C(CCCC2)C1. The van der Waals surface area contributed by atoms with E-state index < -0.39 is 0 Å². The summed E-state index contributed by atoms with van der Waals surface area (Å²) < 4.78 is 0. The molecule has 0 saturated carbocycles. The van der Waals surface area contributed by atoms with Gasteiger partial charge >= 0.3 is 0 Å². The van der Waals surface area contributed by atoms with Crippen LogP contribution in [0.25, 0.3) is 0 Å². The lowest BCUT2D eigenvalue weighted by molar-refractivity contribution is 0.679. The maximum atomic E-state index is 2.52. The fourth-order valence-corrected chi connectivity index (χ4v) is 3.42.